The predicted molar refractivity (Wildman–Crippen MR) is 30.5 cm³/mol. The first-order valence-electron chi connectivity index (χ1n) is 2.06. The molecule has 0 rings (SSSR count). The van der Waals surface area contributed by atoms with Crippen LogP contribution in [-0.4, -0.2) is 8.80 Å². The van der Waals surface area contributed by atoms with Crippen LogP contribution in [0.5, 0.6) is 0 Å². The molecule has 0 spiro atoms. The van der Waals surface area contributed by atoms with Crippen molar-refractivity contribution in [2.24, 2.45) is 0 Å². The van der Waals surface area contributed by atoms with Crippen molar-refractivity contribution >= 4 is 8.80 Å². The molecule has 0 saturated carbocycles. The highest BCUT2D eigenvalue weighted by Gasteiger charge is 1.83. The molecule has 0 atom stereocenters. The van der Waals surface area contributed by atoms with E-state index in [2.05, 4.69) is 20.0 Å². The summed E-state index contributed by atoms with van der Waals surface area (Å²) in [7, 11) is 0.126. The lowest BCUT2D eigenvalue weighted by Crippen LogP contribution is -1.92. The van der Waals surface area contributed by atoms with Gasteiger partial charge in [0.05, 0.1) is 0 Å². The highest BCUT2D eigenvalue weighted by Crippen LogP contribution is 1.83. The van der Waals surface area contributed by atoms with Crippen molar-refractivity contribution in [3.8, 4) is 0 Å². The summed E-state index contributed by atoms with van der Waals surface area (Å²) in [5.41, 5.74) is 0. The van der Waals surface area contributed by atoms with Gasteiger partial charge in [-0.25, -0.2) is 0 Å². The van der Waals surface area contributed by atoms with Gasteiger partial charge < -0.3 is 0 Å². The molecule has 0 fully saturated rings. The zero-order chi connectivity index (χ0) is 4.28. The van der Waals surface area contributed by atoms with Crippen LogP contribution in [0.15, 0.2) is 0 Å². The third-order valence-electron chi connectivity index (χ3n) is 0.707. The van der Waals surface area contributed by atoms with Gasteiger partial charge in [-0.15, -0.1) is 0 Å². The molecule has 0 heterocycles. The minimum absolute atomic E-state index is 0. The molecule has 2 heteroatoms. The molecule has 0 aliphatic heterocycles. The first-order valence-corrected chi connectivity index (χ1v) is 4.77. The minimum Gasteiger partial charge on any atom is -0.269 e. The number of rotatable bonds is 1. The lowest BCUT2D eigenvalue weighted by Gasteiger charge is -1.87. The van der Waals surface area contributed by atoms with Crippen LogP contribution in [0, 0.1) is 0 Å². The Morgan fingerprint density at radius 3 is 1.50 bits per heavy atom. The summed E-state index contributed by atoms with van der Waals surface area (Å²) in [6.45, 7) is 6.89. The zero-order valence-electron chi connectivity index (χ0n) is 4.62. The van der Waals surface area contributed by atoms with Crippen LogP contribution in [0.3, 0.4) is 0 Å². The van der Waals surface area contributed by atoms with Crippen LogP contribution in [0.2, 0.25) is 19.1 Å². The van der Waals surface area contributed by atoms with E-state index >= 15 is 0 Å². The van der Waals surface area contributed by atoms with Crippen molar-refractivity contribution in [3.05, 3.63) is 0 Å². The lowest BCUT2D eigenvalue weighted by molar-refractivity contribution is 1.11. The van der Waals surface area contributed by atoms with Gasteiger partial charge in [0.25, 0.3) is 0 Å². The summed E-state index contributed by atoms with van der Waals surface area (Å²) in [5, 5.41) is 0. The monoisotopic (exact) mass is 107 g/mol. The van der Waals surface area contributed by atoms with Crippen molar-refractivity contribution in [1.29, 1.82) is 0 Å². The molecule has 0 unspecified atom stereocenters. The maximum atomic E-state index is 2.32. The molecule has 1 radical (unpaired) electrons. The van der Waals surface area contributed by atoms with E-state index in [0.29, 0.717) is 0 Å². The first kappa shape index (κ1) is 9.47. The molecule has 0 amide bonds. The Kier molecular flexibility index (Phi) is 8.12. The Bertz CT molecular complexity index is 21.5. The molecule has 0 aromatic heterocycles. The average Bonchev–Trinajstić information content (AvgIpc) is 1.38. The van der Waals surface area contributed by atoms with Crippen LogP contribution in [0.25, 0.3) is 0 Å². The van der Waals surface area contributed by atoms with Gasteiger partial charge in [-0.05, 0) is 0 Å². The van der Waals surface area contributed by atoms with Crippen molar-refractivity contribution in [2.45, 2.75) is 26.1 Å². The second-order valence-electron chi connectivity index (χ2n) is 1.56. The summed E-state index contributed by atoms with van der Waals surface area (Å²) in [5.74, 6) is 0. The Morgan fingerprint density at radius 2 is 1.50 bits per heavy atom. The van der Waals surface area contributed by atoms with Crippen LogP contribution in [-0.2, 0) is 0 Å². The average molecular weight is 107 g/mol. The number of halogens is 1. The third kappa shape index (κ3) is 8.91. The third-order valence-corrected chi connectivity index (χ3v) is 2.12. The molecule has 0 nitrogen and oxygen atoms in total. The summed E-state index contributed by atoms with van der Waals surface area (Å²) in [4.78, 5) is 0. The van der Waals surface area contributed by atoms with Gasteiger partial charge in [-0.1, -0.05) is 26.1 Å². The van der Waals surface area contributed by atoms with E-state index in [1.807, 2.05) is 0 Å². The SMILES string of the molecule is CC[Si](C)C.F. The fourth-order valence-corrected chi connectivity index (χ4v) is 0. The number of hydrogen-bond donors (Lipinski definition) is 0. The molecular weight excluding hydrogens is 95.1 g/mol. The molecule has 0 aliphatic carbocycles. The quantitative estimate of drug-likeness (QED) is 0.449. The maximum absolute atomic E-state index is 2.32. The molecule has 0 saturated heterocycles. The number of hydrogen-bond acceptors (Lipinski definition) is 0. The Hall–Kier alpha value is 0.147. The smallest absolute Gasteiger partial charge is 0.0410 e. The van der Waals surface area contributed by atoms with E-state index in [0.717, 1.165) is 0 Å². The van der Waals surface area contributed by atoms with E-state index < -0.39 is 0 Å². The Balaban J connectivity index is 0. The van der Waals surface area contributed by atoms with Crippen LogP contribution in [0.1, 0.15) is 6.92 Å². The van der Waals surface area contributed by atoms with E-state index in [9.17, 15) is 0 Å². The van der Waals surface area contributed by atoms with E-state index in [1.165, 1.54) is 6.04 Å². The first-order chi connectivity index (χ1) is 2.27. The van der Waals surface area contributed by atoms with Crippen molar-refractivity contribution < 1.29 is 4.70 Å². The van der Waals surface area contributed by atoms with Gasteiger partial charge in [-0.3, -0.25) is 4.70 Å². The van der Waals surface area contributed by atoms with Crippen LogP contribution < -0.4 is 0 Å². The summed E-state index contributed by atoms with van der Waals surface area (Å²) in [6, 6.07) is 1.41. The predicted octanol–water partition coefficient (Wildman–Crippen LogP) is 1.91. The van der Waals surface area contributed by atoms with Crippen LogP contribution in [0.4, 0.5) is 4.70 Å². The van der Waals surface area contributed by atoms with Gasteiger partial charge in [0.1, 0.15) is 0 Å². The van der Waals surface area contributed by atoms with Gasteiger partial charge in [0.15, 0.2) is 0 Å². The van der Waals surface area contributed by atoms with Gasteiger partial charge in [0, 0.05) is 8.80 Å². The highest BCUT2D eigenvalue weighted by atomic mass is 28.3. The molecule has 0 N–H and O–H groups in total. The Labute approximate surface area is 40.5 Å². The fourth-order valence-electron chi connectivity index (χ4n) is 0. The summed E-state index contributed by atoms with van der Waals surface area (Å²) in [6.07, 6.45) is 0. The summed E-state index contributed by atoms with van der Waals surface area (Å²) >= 11 is 0. The van der Waals surface area contributed by atoms with E-state index in [-0.39, 0.29) is 13.5 Å². The van der Waals surface area contributed by atoms with Crippen molar-refractivity contribution in [1.82, 2.24) is 0 Å². The molecule has 0 aromatic rings. The van der Waals surface area contributed by atoms with Crippen molar-refractivity contribution in [2.75, 3.05) is 0 Å². The van der Waals surface area contributed by atoms with Gasteiger partial charge in [0.2, 0.25) is 0 Å². The molecule has 6 heavy (non-hydrogen) atoms. The summed E-state index contributed by atoms with van der Waals surface area (Å²) < 4.78 is 0. The molecule has 39 valence electrons. The van der Waals surface area contributed by atoms with Gasteiger partial charge >= 0.3 is 0 Å². The molecule has 0 aliphatic rings. The largest absolute Gasteiger partial charge is 0.269 e. The zero-order valence-corrected chi connectivity index (χ0v) is 5.62. The topological polar surface area (TPSA) is 0 Å². The molecular formula is C4H12FSi. The standard InChI is InChI=1S/C4H11Si.FH/c1-4-5(2)3;/h4H2,1-3H3;1H. The van der Waals surface area contributed by atoms with E-state index in [4.69, 9.17) is 0 Å². The normalized spacial score (nSPS) is 8.00. The fraction of sp³-hybridized carbons (Fsp3) is 1.00. The Morgan fingerprint density at radius 1 is 1.33 bits per heavy atom. The maximum Gasteiger partial charge on any atom is 0.0410 e. The van der Waals surface area contributed by atoms with Gasteiger partial charge in [-0.2, -0.15) is 0 Å². The highest BCUT2D eigenvalue weighted by molar-refractivity contribution is 6.55. The molecule has 0 bridgehead atoms. The lowest BCUT2D eigenvalue weighted by atomic mass is 11.0. The van der Waals surface area contributed by atoms with Crippen molar-refractivity contribution in [3.63, 3.8) is 0 Å². The second kappa shape index (κ2) is 5.15. The second-order valence-corrected chi connectivity index (χ2v) is 4.68. The minimum atomic E-state index is 0. The van der Waals surface area contributed by atoms with Crippen LogP contribution >= 0.6 is 0 Å². The molecule has 0 aromatic carbocycles. The van der Waals surface area contributed by atoms with E-state index in [1.54, 1.807) is 0 Å².